The summed E-state index contributed by atoms with van der Waals surface area (Å²) >= 11 is 4.31. The molecule has 0 aliphatic carbocycles. The first kappa shape index (κ1) is 20.5. The largest absolute Gasteiger partial charge is 0.462 e. The summed E-state index contributed by atoms with van der Waals surface area (Å²) < 4.78 is 4.93. The van der Waals surface area contributed by atoms with Gasteiger partial charge in [-0.25, -0.2) is 19.7 Å². The Hall–Kier alpha value is -2.76. The number of nitrogens with one attached hydrogen (secondary N) is 1. The number of hydrogen-bond acceptors (Lipinski definition) is 10. The van der Waals surface area contributed by atoms with E-state index in [0.29, 0.717) is 21.2 Å². The smallest absolute Gasteiger partial charge is 0.343 e. The fraction of sp³-hybridized carbons (Fsp3) is 0.211. The minimum atomic E-state index is -0.560. The van der Waals surface area contributed by atoms with E-state index in [2.05, 4.69) is 19.9 Å². The summed E-state index contributed by atoms with van der Waals surface area (Å²) in [5, 5.41) is 4.68. The number of anilines is 1. The number of fused-ring (bicyclic) bond motifs is 1. The predicted molar refractivity (Wildman–Crippen MR) is 120 cm³/mol. The van der Waals surface area contributed by atoms with E-state index in [1.54, 1.807) is 18.3 Å². The van der Waals surface area contributed by atoms with Gasteiger partial charge in [-0.15, -0.1) is 22.7 Å². The van der Waals surface area contributed by atoms with E-state index >= 15 is 0 Å². The number of ether oxygens (including phenoxy) is 1. The van der Waals surface area contributed by atoms with Gasteiger partial charge in [-0.05, 0) is 25.3 Å². The molecule has 4 heterocycles. The van der Waals surface area contributed by atoms with E-state index in [-0.39, 0.29) is 28.8 Å². The number of nitrogen functional groups attached to an aromatic ring is 1. The minimum absolute atomic E-state index is 0.0499. The molecule has 0 aliphatic heterocycles. The number of aromatic amines is 1. The van der Waals surface area contributed by atoms with Crippen molar-refractivity contribution >= 4 is 56.4 Å². The molecule has 4 rings (SSSR count). The summed E-state index contributed by atoms with van der Waals surface area (Å²) in [6, 6.07) is 3.94. The summed E-state index contributed by atoms with van der Waals surface area (Å²) in [4.78, 5) is 42.2. The van der Waals surface area contributed by atoms with Crippen molar-refractivity contribution in [1.82, 2.24) is 19.9 Å². The van der Waals surface area contributed by atoms with E-state index in [1.165, 1.54) is 29.3 Å². The first-order valence-electron chi connectivity index (χ1n) is 8.99. The Morgan fingerprint density at radius 2 is 2.20 bits per heavy atom. The van der Waals surface area contributed by atoms with Crippen LogP contribution in [0.1, 0.15) is 35.3 Å². The second kappa shape index (κ2) is 8.54. The number of carbonyl (C=O) groups excluding carboxylic acids is 1. The van der Waals surface area contributed by atoms with Crippen molar-refractivity contribution in [1.29, 1.82) is 0 Å². The molecule has 8 nitrogen and oxygen atoms in total. The van der Waals surface area contributed by atoms with Crippen molar-refractivity contribution in [3.05, 3.63) is 50.8 Å². The molecule has 0 saturated heterocycles. The Bertz CT molecular complexity index is 1270. The highest BCUT2D eigenvalue weighted by molar-refractivity contribution is 7.99. The van der Waals surface area contributed by atoms with Crippen molar-refractivity contribution in [3.8, 4) is 10.4 Å². The molecule has 154 valence electrons. The Morgan fingerprint density at radius 1 is 1.37 bits per heavy atom. The number of aromatic nitrogens is 4. The summed E-state index contributed by atoms with van der Waals surface area (Å²) in [6.45, 7) is 3.84. The third-order valence-electron chi connectivity index (χ3n) is 4.21. The molecule has 0 spiro atoms. The summed E-state index contributed by atoms with van der Waals surface area (Å²) in [7, 11) is 0. The SMILES string of the molecule is CCOC(=O)c1cnc(SC(C)c2nc3scc(-c4cccs4)c3c(=O)[nH]2)nc1N. The second-order valence-electron chi connectivity index (χ2n) is 6.19. The van der Waals surface area contributed by atoms with Gasteiger partial charge < -0.3 is 15.5 Å². The van der Waals surface area contributed by atoms with Gasteiger partial charge in [0.05, 0.1) is 17.2 Å². The topological polar surface area (TPSA) is 124 Å². The van der Waals surface area contributed by atoms with Gasteiger partial charge in [-0.2, -0.15) is 0 Å². The lowest BCUT2D eigenvalue weighted by atomic mass is 10.2. The molecule has 0 bridgehead atoms. The molecule has 30 heavy (non-hydrogen) atoms. The molecule has 4 aromatic heterocycles. The Kier molecular flexibility index (Phi) is 5.84. The third-order valence-corrected chi connectivity index (χ3v) is 6.97. The molecule has 0 radical (unpaired) electrons. The molecule has 0 aliphatic rings. The van der Waals surface area contributed by atoms with E-state index in [4.69, 9.17) is 10.5 Å². The number of thioether (sulfide) groups is 1. The van der Waals surface area contributed by atoms with Crippen LogP contribution in [-0.2, 0) is 4.74 Å². The monoisotopic (exact) mass is 459 g/mol. The lowest BCUT2D eigenvalue weighted by Gasteiger charge is -2.11. The highest BCUT2D eigenvalue weighted by Gasteiger charge is 2.19. The molecule has 3 N–H and O–H groups in total. The quantitative estimate of drug-likeness (QED) is 0.251. The lowest BCUT2D eigenvalue weighted by molar-refractivity contribution is 0.0526. The van der Waals surface area contributed by atoms with E-state index in [0.717, 1.165) is 10.4 Å². The van der Waals surface area contributed by atoms with Gasteiger partial charge >= 0.3 is 5.97 Å². The van der Waals surface area contributed by atoms with Crippen molar-refractivity contribution in [2.24, 2.45) is 0 Å². The van der Waals surface area contributed by atoms with Crippen LogP contribution in [0.15, 0.2) is 39.0 Å². The van der Waals surface area contributed by atoms with Gasteiger partial charge in [0.1, 0.15) is 22.0 Å². The zero-order chi connectivity index (χ0) is 21.3. The third kappa shape index (κ3) is 3.95. The van der Waals surface area contributed by atoms with Gasteiger partial charge in [-0.3, -0.25) is 4.79 Å². The van der Waals surface area contributed by atoms with Gasteiger partial charge in [0.2, 0.25) is 0 Å². The van der Waals surface area contributed by atoms with Crippen molar-refractivity contribution < 1.29 is 9.53 Å². The average molecular weight is 460 g/mol. The minimum Gasteiger partial charge on any atom is -0.462 e. The van der Waals surface area contributed by atoms with Crippen LogP contribution in [0.2, 0.25) is 0 Å². The number of rotatable bonds is 6. The highest BCUT2D eigenvalue weighted by Crippen LogP contribution is 2.36. The first-order valence-corrected chi connectivity index (χ1v) is 11.6. The molecule has 0 amide bonds. The molecule has 4 aromatic rings. The van der Waals surface area contributed by atoms with Crippen molar-refractivity contribution in [2.75, 3.05) is 12.3 Å². The zero-order valence-electron chi connectivity index (χ0n) is 16.0. The summed E-state index contributed by atoms with van der Waals surface area (Å²) in [5.41, 5.74) is 6.73. The fourth-order valence-corrected chi connectivity index (χ4v) is 5.36. The van der Waals surface area contributed by atoms with Crippen molar-refractivity contribution in [3.63, 3.8) is 0 Å². The number of nitrogens with two attached hydrogens (primary N) is 1. The van der Waals surface area contributed by atoms with Gasteiger partial charge in [0.25, 0.3) is 5.56 Å². The van der Waals surface area contributed by atoms with E-state index in [1.807, 2.05) is 29.8 Å². The molecule has 0 fully saturated rings. The highest BCUT2D eigenvalue weighted by atomic mass is 32.2. The molecule has 1 atom stereocenters. The Morgan fingerprint density at radius 3 is 2.90 bits per heavy atom. The Balaban J connectivity index is 1.60. The lowest BCUT2D eigenvalue weighted by Crippen LogP contribution is -2.13. The van der Waals surface area contributed by atoms with Crippen LogP contribution in [0.4, 0.5) is 5.82 Å². The number of hydrogen-bond donors (Lipinski definition) is 2. The summed E-state index contributed by atoms with van der Waals surface area (Å²) in [5.74, 6) is 0.0120. The molecule has 0 aromatic carbocycles. The zero-order valence-corrected chi connectivity index (χ0v) is 18.5. The van der Waals surface area contributed by atoms with Crippen LogP contribution in [0.5, 0.6) is 0 Å². The Labute approximate surface area is 183 Å². The van der Waals surface area contributed by atoms with Gasteiger partial charge in [0, 0.05) is 22.0 Å². The van der Waals surface area contributed by atoms with Crippen molar-refractivity contribution in [2.45, 2.75) is 24.3 Å². The van der Waals surface area contributed by atoms with E-state index in [9.17, 15) is 9.59 Å². The predicted octanol–water partition coefficient (Wildman–Crippen LogP) is 4.12. The van der Waals surface area contributed by atoms with Crippen LogP contribution < -0.4 is 11.3 Å². The van der Waals surface area contributed by atoms with Gasteiger partial charge in [-0.1, -0.05) is 17.8 Å². The number of carbonyl (C=O) groups is 1. The first-order chi connectivity index (χ1) is 14.5. The maximum absolute atomic E-state index is 12.8. The van der Waals surface area contributed by atoms with Crippen LogP contribution in [-0.4, -0.2) is 32.5 Å². The molecular formula is C19H17N5O3S3. The summed E-state index contributed by atoms with van der Waals surface area (Å²) in [6.07, 6.45) is 1.35. The number of thiophene rings is 2. The molecular weight excluding hydrogens is 442 g/mol. The second-order valence-corrected chi connectivity index (χ2v) is 9.30. The van der Waals surface area contributed by atoms with Crippen LogP contribution in [0.25, 0.3) is 20.7 Å². The number of nitrogens with zero attached hydrogens (tertiary/aromatic N) is 3. The normalized spacial score (nSPS) is 12.2. The van der Waals surface area contributed by atoms with E-state index < -0.39 is 5.97 Å². The molecule has 11 heteroatoms. The fourth-order valence-electron chi connectivity index (χ4n) is 2.79. The maximum atomic E-state index is 12.8. The van der Waals surface area contributed by atoms with Crippen LogP contribution >= 0.6 is 34.4 Å². The van der Waals surface area contributed by atoms with Gasteiger partial charge in [0.15, 0.2) is 5.16 Å². The maximum Gasteiger partial charge on any atom is 0.343 e. The van der Waals surface area contributed by atoms with Crippen LogP contribution in [0, 0.1) is 0 Å². The number of esters is 1. The van der Waals surface area contributed by atoms with Crippen LogP contribution in [0.3, 0.4) is 0 Å². The standard InChI is InChI=1S/C19H17N5O3S3/c1-3-27-18(26)10-7-21-19(22-14(10)20)30-9(2)15-23-16(25)13-11(8-29-17(13)24-15)12-5-4-6-28-12/h4-9H,3H2,1-2H3,(H2,20,21,22)(H,23,24,25). The molecule has 1 unspecified atom stereocenters. The molecule has 0 saturated carbocycles. The number of H-pyrrole nitrogens is 1. The average Bonchev–Trinajstić information content (AvgIpc) is 3.37.